The van der Waals surface area contributed by atoms with E-state index in [0.717, 1.165) is 0 Å². The molecule has 2 N–H and O–H groups in total. The van der Waals surface area contributed by atoms with Crippen LogP contribution in [0.3, 0.4) is 0 Å². The molecule has 0 spiro atoms. The van der Waals surface area contributed by atoms with Crippen LogP contribution in [0.25, 0.3) is 0 Å². The second-order valence-corrected chi connectivity index (χ2v) is 6.86. The molecule has 0 radical (unpaired) electrons. The molecule has 0 heterocycles. The van der Waals surface area contributed by atoms with Crippen molar-refractivity contribution in [2.45, 2.75) is 13.5 Å². The third-order valence-electron chi connectivity index (χ3n) is 3.99. The van der Waals surface area contributed by atoms with Crippen molar-refractivity contribution in [3.8, 4) is 5.75 Å². The summed E-state index contributed by atoms with van der Waals surface area (Å²) >= 11 is 5.94. The highest BCUT2D eigenvalue weighted by molar-refractivity contribution is 6.31. The first-order valence-electron chi connectivity index (χ1n) is 8.62. The Bertz CT molecular complexity index is 861. The summed E-state index contributed by atoms with van der Waals surface area (Å²) in [5.41, 5.74) is 1.68. The molecule has 0 aliphatic rings. The van der Waals surface area contributed by atoms with E-state index < -0.39 is 0 Å². The van der Waals surface area contributed by atoms with Gasteiger partial charge in [0.2, 0.25) is 11.8 Å². The van der Waals surface area contributed by atoms with Gasteiger partial charge in [-0.25, -0.2) is 4.39 Å². The van der Waals surface area contributed by atoms with Gasteiger partial charge in [-0.15, -0.1) is 0 Å². The number of anilines is 1. The Morgan fingerprint density at radius 2 is 1.86 bits per heavy atom. The van der Waals surface area contributed by atoms with Crippen LogP contribution in [0, 0.1) is 12.7 Å². The van der Waals surface area contributed by atoms with Gasteiger partial charge in [0.05, 0.1) is 25.9 Å². The average Bonchev–Trinajstić information content (AvgIpc) is 2.62. The number of hydrogen-bond acceptors (Lipinski definition) is 4. The topological polar surface area (TPSA) is 70.7 Å². The maximum atomic E-state index is 13.5. The van der Waals surface area contributed by atoms with Crippen LogP contribution in [-0.2, 0) is 16.1 Å². The Labute approximate surface area is 168 Å². The number of ether oxygens (including phenoxy) is 1. The van der Waals surface area contributed by atoms with Crippen LogP contribution in [0.1, 0.15) is 11.1 Å². The number of hydrogen-bond donors (Lipinski definition) is 2. The van der Waals surface area contributed by atoms with Crippen LogP contribution in [0.4, 0.5) is 10.1 Å². The standard InChI is InChI=1S/C20H23ClFN3O3/c1-13-4-5-14(8-16(13)22)10-23-19(26)11-25(2)12-20(27)24-17-9-15(21)6-7-18(17)28-3/h4-9H,10-12H2,1-3H3,(H,23,26)(H,24,27). The van der Waals surface area contributed by atoms with Crippen molar-refractivity contribution in [1.82, 2.24) is 10.2 Å². The van der Waals surface area contributed by atoms with Crippen molar-refractivity contribution < 1.29 is 18.7 Å². The fourth-order valence-corrected chi connectivity index (χ4v) is 2.69. The molecule has 2 aromatic rings. The van der Waals surface area contributed by atoms with Crippen LogP contribution in [0.5, 0.6) is 5.75 Å². The summed E-state index contributed by atoms with van der Waals surface area (Å²) in [7, 11) is 3.15. The van der Waals surface area contributed by atoms with E-state index in [2.05, 4.69) is 10.6 Å². The Hall–Kier alpha value is -2.64. The minimum Gasteiger partial charge on any atom is -0.495 e. The van der Waals surface area contributed by atoms with Crippen molar-refractivity contribution in [3.63, 3.8) is 0 Å². The number of nitrogens with one attached hydrogen (secondary N) is 2. The summed E-state index contributed by atoms with van der Waals surface area (Å²) in [5.74, 6) is -0.395. The minimum absolute atomic E-state index is 0.00223. The molecule has 2 amide bonds. The normalized spacial score (nSPS) is 10.6. The second kappa shape index (κ2) is 10.1. The molecule has 28 heavy (non-hydrogen) atoms. The van der Waals surface area contributed by atoms with Crippen LogP contribution in [-0.4, -0.2) is 44.0 Å². The summed E-state index contributed by atoms with van der Waals surface area (Å²) in [6.45, 7) is 1.92. The van der Waals surface area contributed by atoms with Crippen LogP contribution in [0.2, 0.25) is 5.02 Å². The molecule has 0 unspecified atom stereocenters. The van der Waals surface area contributed by atoms with Gasteiger partial charge in [0.1, 0.15) is 11.6 Å². The van der Waals surface area contributed by atoms with Crippen molar-refractivity contribution in [1.29, 1.82) is 0 Å². The molecule has 2 aromatic carbocycles. The van der Waals surface area contributed by atoms with Crippen LogP contribution >= 0.6 is 11.6 Å². The molecule has 0 bridgehead atoms. The zero-order valence-electron chi connectivity index (χ0n) is 16.0. The van der Waals surface area contributed by atoms with Gasteiger partial charge in [-0.3, -0.25) is 14.5 Å². The SMILES string of the molecule is COc1ccc(Cl)cc1NC(=O)CN(C)CC(=O)NCc1ccc(C)c(F)c1. The van der Waals surface area contributed by atoms with Gasteiger partial charge in [0.15, 0.2) is 0 Å². The first-order chi connectivity index (χ1) is 13.3. The number of likely N-dealkylation sites (N-methyl/N-ethyl adjacent to an activating group) is 1. The molecule has 6 nitrogen and oxygen atoms in total. The lowest BCUT2D eigenvalue weighted by Gasteiger charge is -2.17. The van der Waals surface area contributed by atoms with Gasteiger partial charge in [-0.2, -0.15) is 0 Å². The minimum atomic E-state index is -0.309. The number of rotatable bonds is 8. The largest absolute Gasteiger partial charge is 0.495 e. The molecular formula is C20H23ClFN3O3. The fourth-order valence-electron chi connectivity index (χ4n) is 2.52. The highest BCUT2D eigenvalue weighted by Gasteiger charge is 2.13. The summed E-state index contributed by atoms with van der Waals surface area (Å²) in [6.07, 6.45) is 0. The number of carbonyl (C=O) groups is 2. The zero-order valence-corrected chi connectivity index (χ0v) is 16.8. The van der Waals surface area contributed by atoms with E-state index in [1.807, 2.05) is 0 Å². The third-order valence-corrected chi connectivity index (χ3v) is 4.22. The van der Waals surface area contributed by atoms with E-state index in [-0.39, 0.29) is 37.3 Å². The van der Waals surface area contributed by atoms with E-state index >= 15 is 0 Å². The Kier molecular flexibility index (Phi) is 7.78. The molecule has 0 aliphatic heterocycles. The molecular weight excluding hydrogens is 385 g/mol. The number of methoxy groups -OCH3 is 1. The quantitative estimate of drug-likeness (QED) is 0.705. The highest BCUT2D eigenvalue weighted by atomic mass is 35.5. The predicted molar refractivity (Wildman–Crippen MR) is 107 cm³/mol. The van der Waals surface area contributed by atoms with Crippen molar-refractivity contribution in [2.24, 2.45) is 0 Å². The van der Waals surface area contributed by atoms with E-state index in [4.69, 9.17) is 16.3 Å². The molecule has 0 aromatic heterocycles. The number of halogens is 2. The van der Waals surface area contributed by atoms with Gasteiger partial charge < -0.3 is 15.4 Å². The maximum absolute atomic E-state index is 13.5. The number of carbonyl (C=O) groups excluding carboxylic acids is 2. The first kappa shape index (κ1) is 21.7. The third kappa shape index (κ3) is 6.51. The van der Waals surface area contributed by atoms with E-state index in [1.165, 1.54) is 13.2 Å². The lowest BCUT2D eigenvalue weighted by molar-refractivity contribution is -0.123. The van der Waals surface area contributed by atoms with Crippen molar-refractivity contribution in [3.05, 3.63) is 58.4 Å². The molecule has 0 saturated heterocycles. The second-order valence-electron chi connectivity index (χ2n) is 6.43. The zero-order chi connectivity index (χ0) is 20.7. The van der Waals surface area contributed by atoms with Gasteiger partial charge in [0.25, 0.3) is 0 Å². The molecule has 0 saturated carbocycles. The molecule has 8 heteroatoms. The van der Waals surface area contributed by atoms with Crippen molar-refractivity contribution in [2.75, 3.05) is 32.6 Å². The van der Waals surface area contributed by atoms with E-state index in [9.17, 15) is 14.0 Å². The summed E-state index contributed by atoms with van der Waals surface area (Å²) in [6, 6.07) is 9.72. The molecule has 150 valence electrons. The number of nitrogens with zero attached hydrogens (tertiary/aromatic N) is 1. The molecule has 0 atom stereocenters. The number of benzene rings is 2. The van der Waals surface area contributed by atoms with Crippen molar-refractivity contribution >= 4 is 29.1 Å². The number of amides is 2. The molecule has 0 aliphatic carbocycles. The Morgan fingerprint density at radius 3 is 2.54 bits per heavy atom. The number of aryl methyl sites for hydroxylation is 1. The van der Waals surface area contributed by atoms with E-state index in [1.54, 1.807) is 49.2 Å². The lowest BCUT2D eigenvalue weighted by atomic mass is 10.1. The van der Waals surface area contributed by atoms with Gasteiger partial charge in [-0.05, 0) is 49.4 Å². The fraction of sp³-hybridized carbons (Fsp3) is 0.300. The first-order valence-corrected chi connectivity index (χ1v) is 9.00. The highest BCUT2D eigenvalue weighted by Crippen LogP contribution is 2.27. The van der Waals surface area contributed by atoms with Crippen LogP contribution in [0.15, 0.2) is 36.4 Å². The Balaban J connectivity index is 1.81. The lowest BCUT2D eigenvalue weighted by Crippen LogP contribution is -2.38. The molecule has 2 rings (SSSR count). The van der Waals surface area contributed by atoms with Gasteiger partial charge in [-0.1, -0.05) is 23.7 Å². The van der Waals surface area contributed by atoms with E-state index in [0.29, 0.717) is 27.6 Å². The monoisotopic (exact) mass is 407 g/mol. The maximum Gasteiger partial charge on any atom is 0.238 e. The summed E-state index contributed by atoms with van der Waals surface area (Å²) < 4.78 is 18.7. The molecule has 0 fully saturated rings. The predicted octanol–water partition coefficient (Wildman–Crippen LogP) is 2.98. The summed E-state index contributed by atoms with van der Waals surface area (Å²) in [5, 5.41) is 5.89. The van der Waals surface area contributed by atoms with Gasteiger partial charge >= 0.3 is 0 Å². The Morgan fingerprint density at radius 1 is 1.14 bits per heavy atom. The van der Waals surface area contributed by atoms with Crippen LogP contribution < -0.4 is 15.4 Å². The van der Waals surface area contributed by atoms with Gasteiger partial charge in [0, 0.05) is 11.6 Å². The average molecular weight is 408 g/mol. The summed E-state index contributed by atoms with van der Waals surface area (Å²) in [4.78, 5) is 25.8. The smallest absolute Gasteiger partial charge is 0.238 e.